The Bertz CT molecular complexity index is 761. The van der Waals surface area contributed by atoms with E-state index in [4.69, 9.17) is 4.74 Å². The van der Waals surface area contributed by atoms with E-state index in [1.165, 1.54) is 141 Å². The molecular formula is C47H94N2O4. The van der Waals surface area contributed by atoms with Gasteiger partial charge in [-0.15, -0.1) is 0 Å². The van der Waals surface area contributed by atoms with E-state index in [1.54, 1.807) is 0 Å². The van der Waals surface area contributed by atoms with Crippen molar-refractivity contribution in [3.8, 4) is 0 Å². The van der Waals surface area contributed by atoms with E-state index in [-0.39, 0.29) is 24.4 Å². The molecular weight excluding hydrogens is 657 g/mol. The Balaban J connectivity index is 3.80. The van der Waals surface area contributed by atoms with E-state index >= 15 is 0 Å². The zero-order valence-corrected chi connectivity index (χ0v) is 36.4. The summed E-state index contributed by atoms with van der Waals surface area (Å²) < 4.78 is 5.49. The quantitative estimate of drug-likeness (QED) is 0.0479. The molecule has 0 fully saturated rings. The van der Waals surface area contributed by atoms with Gasteiger partial charge in [-0.2, -0.15) is 0 Å². The fourth-order valence-corrected chi connectivity index (χ4v) is 7.50. The van der Waals surface area contributed by atoms with Gasteiger partial charge in [0.25, 0.3) is 0 Å². The van der Waals surface area contributed by atoms with Crippen LogP contribution in [0.4, 0.5) is 0 Å². The predicted molar refractivity (Wildman–Crippen MR) is 230 cm³/mol. The molecule has 0 bridgehead atoms. The van der Waals surface area contributed by atoms with E-state index in [1.807, 2.05) is 0 Å². The minimum atomic E-state index is -0.0437. The third-order valence-electron chi connectivity index (χ3n) is 11.1. The number of esters is 1. The molecule has 6 nitrogen and oxygen atoms in total. The average Bonchev–Trinajstić information content (AvgIpc) is 3.14. The second-order valence-corrected chi connectivity index (χ2v) is 16.8. The number of aliphatic hydroxyl groups is 1. The van der Waals surface area contributed by atoms with E-state index in [0.717, 1.165) is 96.3 Å². The van der Waals surface area contributed by atoms with Crippen LogP contribution in [0.25, 0.3) is 0 Å². The highest BCUT2D eigenvalue weighted by molar-refractivity contribution is 5.78. The largest absolute Gasteiger partial charge is 0.466 e. The first-order chi connectivity index (χ1) is 25.9. The van der Waals surface area contributed by atoms with Crippen molar-refractivity contribution in [1.29, 1.82) is 0 Å². The molecule has 1 amide bonds. The minimum absolute atomic E-state index is 0.0437. The van der Waals surface area contributed by atoms with E-state index in [0.29, 0.717) is 13.0 Å². The molecule has 0 aliphatic heterocycles. The Kier molecular flexibility index (Phi) is 41.1. The fraction of sp³-hybridized carbons (Fsp3) is 0.957. The van der Waals surface area contributed by atoms with Crippen LogP contribution in [-0.2, 0) is 14.3 Å². The summed E-state index contributed by atoms with van der Waals surface area (Å²) >= 11 is 0. The number of aliphatic hydroxyl groups excluding tert-OH is 1. The van der Waals surface area contributed by atoms with Crippen molar-refractivity contribution in [2.75, 3.05) is 39.4 Å². The normalized spacial score (nSPS) is 12.2. The van der Waals surface area contributed by atoms with Gasteiger partial charge in [-0.3, -0.25) is 9.59 Å². The summed E-state index contributed by atoms with van der Waals surface area (Å²) in [5.74, 6) is 1.29. The first kappa shape index (κ1) is 51.9. The molecule has 0 aromatic heterocycles. The second-order valence-electron chi connectivity index (χ2n) is 16.8. The lowest BCUT2D eigenvalue weighted by molar-refractivity contribution is -0.143. The fourth-order valence-electron chi connectivity index (χ4n) is 7.50. The minimum Gasteiger partial charge on any atom is -0.466 e. The molecule has 0 aliphatic rings. The summed E-state index contributed by atoms with van der Waals surface area (Å²) in [5.41, 5.74) is 0. The molecule has 53 heavy (non-hydrogen) atoms. The smallest absolute Gasteiger partial charge is 0.305 e. The lowest BCUT2D eigenvalue weighted by Gasteiger charge is -2.21. The number of hydrogen-bond donors (Lipinski definition) is 2. The molecule has 6 heteroatoms. The van der Waals surface area contributed by atoms with Crippen molar-refractivity contribution in [2.24, 2.45) is 11.8 Å². The first-order valence-corrected chi connectivity index (χ1v) is 23.7. The van der Waals surface area contributed by atoms with Crippen LogP contribution < -0.4 is 5.32 Å². The van der Waals surface area contributed by atoms with Crippen molar-refractivity contribution in [1.82, 2.24) is 10.2 Å². The van der Waals surface area contributed by atoms with Gasteiger partial charge in [-0.05, 0) is 64.0 Å². The van der Waals surface area contributed by atoms with Crippen LogP contribution in [0, 0.1) is 11.8 Å². The highest BCUT2D eigenvalue weighted by Crippen LogP contribution is 2.19. The number of ether oxygens (including phenoxy) is 1. The molecule has 0 saturated carbocycles. The van der Waals surface area contributed by atoms with Crippen LogP contribution in [0.5, 0.6) is 0 Å². The topological polar surface area (TPSA) is 78.9 Å². The van der Waals surface area contributed by atoms with Gasteiger partial charge in [0, 0.05) is 25.4 Å². The lowest BCUT2D eigenvalue weighted by atomic mass is 9.93. The van der Waals surface area contributed by atoms with Crippen LogP contribution in [0.2, 0.25) is 0 Å². The summed E-state index contributed by atoms with van der Waals surface area (Å²) in [6.07, 6.45) is 40.0. The molecule has 0 aromatic carbocycles. The Morgan fingerprint density at radius 1 is 0.528 bits per heavy atom. The third kappa shape index (κ3) is 38.9. The standard InChI is InChI=1S/C47H94N2O4/c1-5-7-9-10-17-21-28-36-45(35-26-8-6-2)47(52)48-38-30-22-23-31-39-49(41-42-50)40-32-25-29-37-46(51)53-43-33-24-19-16-14-12-11-13-15-18-20-27-34-44(3)4/h44-45,50H,5-43H2,1-4H3,(H,48,52). The first-order valence-electron chi connectivity index (χ1n) is 23.7. The summed E-state index contributed by atoms with van der Waals surface area (Å²) in [4.78, 5) is 27.5. The van der Waals surface area contributed by atoms with Gasteiger partial charge in [0.15, 0.2) is 0 Å². The number of nitrogens with zero attached hydrogens (tertiary/aromatic N) is 1. The molecule has 1 unspecified atom stereocenters. The predicted octanol–water partition coefficient (Wildman–Crippen LogP) is 13.1. The Hall–Kier alpha value is -1.14. The second kappa shape index (κ2) is 42.0. The molecule has 0 heterocycles. The highest BCUT2D eigenvalue weighted by Gasteiger charge is 2.17. The van der Waals surface area contributed by atoms with Crippen LogP contribution in [0.1, 0.15) is 240 Å². The average molecular weight is 751 g/mol. The molecule has 0 aromatic rings. The van der Waals surface area contributed by atoms with Crippen molar-refractivity contribution < 1.29 is 19.4 Å². The van der Waals surface area contributed by atoms with Crippen molar-refractivity contribution >= 4 is 11.9 Å². The zero-order valence-electron chi connectivity index (χ0n) is 36.4. The number of rotatable bonds is 43. The number of carbonyl (C=O) groups is 2. The van der Waals surface area contributed by atoms with E-state index in [9.17, 15) is 14.7 Å². The summed E-state index contributed by atoms with van der Waals surface area (Å²) in [7, 11) is 0. The van der Waals surface area contributed by atoms with Gasteiger partial charge in [-0.25, -0.2) is 0 Å². The summed E-state index contributed by atoms with van der Waals surface area (Å²) in [6.45, 7) is 13.4. The van der Waals surface area contributed by atoms with Gasteiger partial charge in [0.05, 0.1) is 13.2 Å². The monoisotopic (exact) mass is 751 g/mol. The maximum atomic E-state index is 13.0. The van der Waals surface area contributed by atoms with E-state index < -0.39 is 0 Å². The lowest BCUT2D eigenvalue weighted by Crippen LogP contribution is -2.31. The van der Waals surface area contributed by atoms with Gasteiger partial charge >= 0.3 is 5.97 Å². The van der Waals surface area contributed by atoms with E-state index in [2.05, 4.69) is 37.9 Å². The number of amides is 1. The Labute approximate surface area is 331 Å². The Morgan fingerprint density at radius 3 is 1.51 bits per heavy atom. The molecule has 316 valence electrons. The van der Waals surface area contributed by atoms with Crippen LogP contribution in [0.15, 0.2) is 0 Å². The molecule has 1 atom stereocenters. The highest BCUT2D eigenvalue weighted by atomic mass is 16.5. The maximum absolute atomic E-state index is 13.0. The molecule has 2 N–H and O–H groups in total. The van der Waals surface area contributed by atoms with Gasteiger partial charge in [-0.1, -0.05) is 188 Å². The zero-order chi connectivity index (χ0) is 38.9. The molecule has 0 rings (SSSR count). The number of unbranched alkanes of at least 4 members (excludes halogenated alkanes) is 24. The van der Waals surface area contributed by atoms with Gasteiger partial charge < -0.3 is 20.1 Å². The molecule has 0 radical (unpaired) electrons. The summed E-state index contributed by atoms with van der Waals surface area (Å²) in [6, 6.07) is 0. The maximum Gasteiger partial charge on any atom is 0.305 e. The third-order valence-corrected chi connectivity index (χ3v) is 11.1. The van der Waals surface area contributed by atoms with Crippen LogP contribution in [0.3, 0.4) is 0 Å². The number of hydrogen-bond acceptors (Lipinski definition) is 5. The van der Waals surface area contributed by atoms with Gasteiger partial charge in [0.1, 0.15) is 0 Å². The van der Waals surface area contributed by atoms with Crippen molar-refractivity contribution in [3.05, 3.63) is 0 Å². The molecule has 0 saturated heterocycles. The molecule has 0 aliphatic carbocycles. The SMILES string of the molecule is CCCCCCCCCC(CCCCC)C(=O)NCCCCCCN(CCO)CCCCCC(=O)OCCCCCCCCCCCCCCC(C)C. The molecule has 0 spiro atoms. The van der Waals surface area contributed by atoms with Crippen molar-refractivity contribution in [3.63, 3.8) is 0 Å². The van der Waals surface area contributed by atoms with Crippen LogP contribution in [-0.4, -0.2) is 61.3 Å². The number of carbonyl (C=O) groups excluding carboxylic acids is 2. The van der Waals surface area contributed by atoms with Gasteiger partial charge in [0.2, 0.25) is 5.91 Å². The van der Waals surface area contributed by atoms with Crippen LogP contribution >= 0.6 is 0 Å². The summed E-state index contributed by atoms with van der Waals surface area (Å²) in [5, 5.41) is 12.8. The Morgan fingerprint density at radius 2 is 0.962 bits per heavy atom. The van der Waals surface area contributed by atoms with Crippen molar-refractivity contribution in [2.45, 2.75) is 240 Å². The number of nitrogens with one attached hydrogen (secondary N) is 1.